The Morgan fingerprint density at radius 2 is 2.00 bits per heavy atom. The Kier molecular flexibility index (Phi) is 6.04. The third-order valence-electron chi connectivity index (χ3n) is 4.32. The van der Waals surface area contributed by atoms with Gasteiger partial charge in [-0.3, -0.25) is 0 Å². The van der Waals surface area contributed by atoms with Crippen LogP contribution in [0.1, 0.15) is 23.8 Å². The van der Waals surface area contributed by atoms with Crippen LogP contribution in [0.4, 0.5) is 4.39 Å². The Morgan fingerprint density at radius 1 is 1.16 bits per heavy atom. The van der Waals surface area contributed by atoms with Crippen molar-refractivity contribution >= 4 is 29.5 Å². The molecule has 2 aromatic carbocycles. The van der Waals surface area contributed by atoms with Gasteiger partial charge in [-0.15, -0.1) is 0 Å². The van der Waals surface area contributed by atoms with Crippen molar-refractivity contribution in [2.75, 3.05) is 6.61 Å². The van der Waals surface area contributed by atoms with Crippen molar-refractivity contribution in [2.24, 2.45) is 4.99 Å². The number of furan rings is 1. The monoisotopic (exact) mass is 441 g/mol. The van der Waals surface area contributed by atoms with Crippen LogP contribution >= 0.6 is 11.6 Å². The number of rotatable bonds is 7. The van der Waals surface area contributed by atoms with Crippen LogP contribution < -0.4 is 9.47 Å². The lowest BCUT2D eigenvalue weighted by Crippen LogP contribution is -2.04. The average molecular weight is 442 g/mol. The van der Waals surface area contributed by atoms with E-state index in [2.05, 4.69) is 4.99 Å². The summed E-state index contributed by atoms with van der Waals surface area (Å²) in [4.78, 5) is 16.3. The van der Waals surface area contributed by atoms with Crippen LogP contribution in [0, 0.1) is 5.82 Å². The molecule has 6 nitrogen and oxygen atoms in total. The van der Waals surface area contributed by atoms with Crippen molar-refractivity contribution in [3.63, 3.8) is 0 Å². The van der Waals surface area contributed by atoms with E-state index in [0.29, 0.717) is 29.2 Å². The minimum absolute atomic E-state index is 0.0178. The molecule has 1 aliphatic rings. The van der Waals surface area contributed by atoms with E-state index in [0.717, 1.165) is 0 Å². The van der Waals surface area contributed by atoms with Gasteiger partial charge in [0.05, 0.1) is 17.9 Å². The number of ether oxygens (including phenoxy) is 3. The number of halogens is 2. The van der Waals surface area contributed by atoms with Gasteiger partial charge in [0.25, 0.3) is 5.90 Å². The standard InChI is InChI=1S/C23H17ClFNO5/c1-2-28-20-12-14(11-18-23(27)31-22(26-18)19-8-5-9-29-19)10-16(24)21(20)30-13-15-6-3-4-7-17(15)25/h3-12H,2,13H2,1H3/b18-11+. The normalized spacial score (nSPS) is 14.5. The molecule has 0 fully saturated rings. The van der Waals surface area contributed by atoms with Crippen LogP contribution in [-0.4, -0.2) is 18.5 Å². The number of hydrogen-bond donors (Lipinski definition) is 0. The Hall–Kier alpha value is -3.58. The van der Waals surface area contributed by atoms with Crippen LogP contribution in [0.15, 0.2) is 69.9 Å². The minimum Gasteiger partial charge on any atom is -0.490 e. The maximum Gasteiger partial charge on any atom is 0.363 e. The van der Waals surface area contributed by atoms with Crippen molar-refractivity contribution in [1.29, 1.82) is 0 Å². The van der Waals surface area contributed by atoms with E-state index in [1.807, 2.05) is 6.92 Å². The Bertz CT molecular complexity index is 1170. The van der Waals surface area contributed by atoms with E-state index in [4.69, 9.17) is 30.2 Å². The van der Waals surface area contributed by atoms with E-state index in [1.165, 1.54) is 18.4 Å². The molecular formula is C23H17ClFNO5. The topological polar surface area (TPSA) is 70.3 Å². The summed E-state index contributed by atoms with van der Waals surface area (Å²) >= 11 is 6.41. The number of benzene rings is 2. The molecule has 0 atom stereocenters. The fourth-order valence-corrected chi connectivity index (χ4v) is 3.19. The van der Waals surface area contributed by atoms with Crippen LogP contribution in [0.2, 0.25) is 5.02 Å². The quantitative estimate of drug-likeness (QED) is 0.363. The molecule has 0 N–H and O–H groups in total. The molecule has 0 spiro atoms. The third-order valence-corrected chi connectivity index (χ3v) is 4.60. The number of carbonyl (C=O) groups excluding carboxylic acids is 1. The summed E-state index contributed by atoms with van der Waals surface area (Å²) in [5.41, 5.74) is 1.04. The zero-order valence-corrected chi connectivity index (χ0v) is 17.2. The van der Waals surface area contributed by atoms with E-state index in [9.17, 15) is 9.18 Å². The first-order valence-corrected chi connectivity index (χ1v) is 9.82. The van der Waals surface area contributed by atoms with Crippen molar-refractivity contribution in [1.82, 2.24) is 0 Å². The zero-order chi connectivity index (χ0) is 21.8. The molecule has 31 heavy (non-hydrogen) atoms. The molecule has 0 radical (unpaired) electrons. The lowest BCUT2D eigenvalue weighted by atomic mass is 10.1. The van der Waals surface area contributed by atoms with Gasteiger partial charge >= 0.3 is 5.97 Å². The van der Waals surface area contributed by atoms with Gasteiger partial charge in [0.2, 0.25) is 0 Å². The number of nitrogens with zero attached hydrogens (tertiary/aromatic N) is 1. The molecular weight excluding hydrogens is 425 g/mol. The molecule has 4 rings (SSSR count). The first-order valence-electron chi connectivity index (χ1n) is 9.44. The minimum atomic E-state index is -0.611. The highest BCUT2D eigenvalue weighted by molar-refractivity contribution is 6.32. The maximum atomic E-state index is 13.9. The Labute approximate surface area is 182 Å². The van der Waals surface area contributed by atoms with Gasteiger partial charge < -0.3 is 18.6 Å². The van der Waals surface area contributed by atoms with Gasteiger partial charge in [-0.05, 0) is 48.9 Å². The summed E-state index contributed by atoms with van der Waals surface area (Å²) < 4.78 is 35.6. The Morgan fingerprint density at radius 3 is 2.74 bits per heavy atom. The second-order valence-electron chi connectivity index (χ2n) is 6.46. The number of aliphatic imine (C=N–C) groups is 1. The second kappa shape index (κ2) is 9.06. The third kappa shape index (κ3) is 4.62. The van der Waals surface area contributed by atoms with Gasteiger partial charge in [0.15, 0.2) is 23.0 Å². The van der Waals surface area contributed by atoms with Gasteiger partial charge in [0, 0.05) is 5.56 Å². The summed E-state index contributed by atoms with van der Waals surface area (Å²) in [7, 11) is 0. The highest BCUT2D eigenvalue weighted by Gasteiger charge is 2.26. The summed E-state index contributed by atoms with van der Waals surface area (Å²) in [5.74, 6) is 0.0923. The molecule has 3 aromatic rings. The number of carbonyl (C=O) groups is 1. The van der Waals surface area contributed by atoms with Crippen molar-refractivity contribution < 1.29 is 27.8 Å². The van der Waals surface area contributed by atoms with Crippen LogP contribution in [-0.2, 0) is 16.1 Å². The van der Waals surface area contributed by atoms with Gasteiger partial charge in [-0.2, -0.15) is 0 Å². The maximum absolute atomic E-state index is 13.9. The average Bonchev–Trinajstić information content (AvgIpc) is 3.39. The molecule has 0 unspecified atom stereocenters. The predicted molar refractivity (Wildman–Crippen MR) is 113 cm³/mol. The van der Waals surface area contributed by atoms with Gasteiger partial charge in [0.1, 0.15) is 12.4 Å². The molecule has 0 saturated carbocycles. The summed E-state index contributed by atoms with van der Waals surface area (Å²) in [6.07, 6.45) is 2.98. The van der Waals surface area contributed by atoms with Gasteiger partial charge in [-0.1, -0.05) is 29.8 Å². The first-order chi connectivity index (χ1) is 15.0. The highest BCUT2D eigenvalue weighted by Crippen LogP contribution is 2.38. The highest BCUT2D eigenvalue weighted by atomic mass is 35.5. The van der Waals surface area contributed by atoms with Crippen LogP contribution in [0.25, 0.3) is 6.08 Å². The van der Waals surface area contributed by atoms with Crippen molar-refractivity contribution in [2.45, 2.75) is 13.5 Å². The molecule has 0 saturated heterocycles. The van der Waals surface area contributed by atoms with Crippen molar-refractivity contribution in [3.05, 3.63) is 88.2 Å². The van der Waals surface area contributed by atoms with E-state index in [1.54, 1.807) is 42.5 Å². The van der Waals surface area contributed by atoms with Crippen molar-refractivity contribution in [3.8, 4) is 11.5 Å². The first kappa shape index (κ1) is 20.7. The smallest absolute Gasteiger partial charge is 0.363 e. The summed E-state index contributed by atoms with van der Waals surface area (Å²) in [6.45, 7) is 2.15. The molecule has 158 valence electrons. The fourth-order valence-electron chi connectivity index (χ4n) is 2.91. The predicted octanol–water partition coefficient (Wildman–Crippen LogP) is 5.39. The summed E-state index contributed by atoms with van der Waals surface area (Å²) in [5, 5.41) is 0.246. The molecule has 0 bridgehead atoms. The Balaban J connectivity index is 1.62. The van der Waals surface area contributed by atoms with Gasteiger partial charge in [-0.25, -0.2) is 14.2 Å². The van der Waals surface area contributed by atoms with Crippen LogP contribution in [0.3, 0.4) is 0 Å². The fraction of sp³-hybridized carbons (Fsp3) is 0.130. The second-order valence-corrected chi connectivity index (χ2v) is 6.86. The molecule has 1 aliphatic heterocycles. The van der Waals surface area contributed by atoms with E-state index >= 15 is 0 Å². The molecule has 0 amide bonds. The number of cyclic esters (lactones) is 1. The summed E-state index contributed by atoms with van der Waals surface area (Å²) in [6, 6.07) is 12.9. The number of hydrogen-bond acceptors (Lipinski definition) is 6. The molecule has 0 aliphatic carbocycles. The molecule has 1 aromatic heterocycles. The van der Waals surface area contributed by atoms with Crippen LogP contribution in [0.5, 0.6) is 11.5 Å². The largest absolute Gasteiger partial charge is 0.490 e. The molecule has 8 heteroatoms. The lowest BCUT2D eigenvalue weighted by molar-refractivity contribution is -0.130. The van der Waals surface area contributed by atoms with E-state index < -0.39 is 5.97 Å². The zero-order valence-electron chi connectivity index (χ0n) is 16.4. The SMILES string of the molecule is CCOc1cc(/C=C2/N=C(c3ccco3)OC2=O)cc(Cl)c1OCc1ccccc1F. The molecule has 2 heterocycles. The lowest BCUT2D eigenvalue weighted by Gasteiger charge is -2.15. The van der Waals surface area contributed by atoms with E-state index in [-0.39, 0.29) is 34.8 Å². The number of esters is 1.